The van der Waals surface area contributed by atoms with Gasteiger partial charge in [0.15, 0.2) is 0 Å². The molecular formula is C3H8AlClN. The molecule has 0 atom stereocenters. The van der Waals surface area contributed by atoms with E-state index in [2.05, 4.69) is 3.88 Å². The smallest absolute Gasteiger partial charge is 0.341 e. The molecule has 0 spiro atoms. The first-order valence-corrected chi connectivity index (χ1v) is 3.70. The van der Waals surface area contributed by atoms with E-state index in [0.717, 1.165) is 4.74 Å². The average molecular weight is 121 g/mol. The summed E-state index contributed by atoms with van der Waals surface area (Å²) in [6.45, 7) is 0. The first-order chi connectivity index (χ1) is 2.77. The van der Waals surface area contributed by atoms with Crippen LogP contribution in [-0.4, -0.2) is 38.2 Å². The largest absolute Gasteiger partial charge is 0.396 e. The lowest BCUT2D eigenvalue weighted by Gasteiger charge is -2.01. The van der Waals surface area contributed by atoms with Gasteiger partial charge in [-0.25, -0.2) is 0 Å². The van der Waals surface area contributed by atoms with Gasteiger partial charge in [-0.15, -0.1) is 11.6 Å². The molecule has 6 heavy (non-hydrogen) atoms. The van der Waals surface area contributed by atoms with Crippen molar-refractivity contribution in [1.82, 2.24) is 3.88 Å². The molecule has 0 saturated heterocycles. The molecule has 1 nitrogen and oxygen atoms in total. The molecule has 0 fully saturated rings. The van der Waals surface area contributed by atoms with E-state index in [0.29, 0.717) is 15.4 Å². The third-order valence-corrected chi connectivity index (χ3v) is 1.72. The molecule has 0 aromatic heterocycles. The maximum Gasteiger partial charge on any atom is 0.341 e. The van der Waals surface area contributed by atoms with E-state index >= 15 is 0 Å². The van der Waals surface area contributed by atoms with Crippen LogP contribution in [0.15, 0.2) is 0 Å². The fraction of sp³-hybridized carbons (Fsp3) is 1.00. The first kappa shape index (κ1) is 6.78. The Morgan fingerprint density at radius 2 is 2.17 bits per heavy atom. The van der Waals surface area contributed by atoms with Gasteiger partial charge in [0.2, 0.25) is 0 Å². The SMILES string of the molecule is C[N](C)[Al][CH2]Cl. The molecule has 0 aliphatic heterocycles. The summed E-state index contributed by atoms with van der Waals surface area (Å²) in [5.41, 5.74) is 0. The van der Waals surface area contributed by atoms with Gasteiger partial charge in [-0.2, -0.15) is 0 Å². The number of hydrogen-bond donors (Lipinski definition) is 0. The van der Waals surface area contributed by atoms with Gasteiger partial charge in [-0.1, -0.05) is 0 Å². The molecule has 0 amide bonds. The van der Waals surface area contributed by atoms with Crippen LogP contribution >= 0.6 is 11.6 Å². The number of rotatable bonds is 2. The maximum absolute atomic E-state index is 5.39. The lowest BCUT2D eigenvalue weighted by Crippen LogP contribution is -2.18. The summed E-state index contributed by atoms with van der Waals surface area (Å²) in [4.78, 5) is 0. The predicted octanol–water partition coefficient (Wildman–Crippen LogP) is 0.363. The van der Waals surface area contributed by atoms with Crippen molar-refractivity contribution in [2.75, 3.05) is 18.8 Å². The first-order valence-electron chi connectivity index (χ1n) is 1.83. The van der Waals surface area contributed by atoms with Crippen molar-refractivity contribution in [2.24, 2.45) is 0 Å². The summed E-state index contributed by atoms with van der Waals surface area (Å²) in [5, 5.41) is 0. The zero-order valence-electron chi connectivity index (χ0n) is 4.11. The van der Waals surface area contributed by atoms with Gasteiger partial charge in [-0.05, 0) is 18.8 Å². The number of nitrogens with zero attached hydrogens (tertiary/aromatic N) is 1. The van der Waals surface area contributed by atoms with Crippen molar-refractivity contribution in [1.29, 1.82) is 0 Å². The van der Waals surface area contributed by atoms with E-state index < -0.39 is 0 Å². The minimum atomic E-state index is 0.363. The van der Waals surface area contributed by atoms with Crippen LogP contribution in [0.1, 0.15) is 0 Å². The normalized spacial score (nSPS) is 9.33. The Morgan fingerprint density at radius 1 is 1.67 bits per heavy atom. The molecule has 0 aliphatic rings. The molecule has 35 valence electrons. The monoisotopic (exact) mass is 120 g/mol. The Hall–Kier alpha value is 0.782. The van der Waals surface area contributed by atoms with Crippen molar-refractivity contribution in [2.45, 2.75) is 0 Å². The minimum Gasteiger partial charge on any atom is -0.396 e. The molecule has 0 N–H and O–H groups in total. The van der Waals surface area contributed by atoms with Gasteiger partial charge in [0.05, 0.1) is 0 Å². The van der Waals surface area contributed by atoms with Gasteiger partial charge in [0.1, 0.15) is 0 Å². The lowest BCUT2D eigenvalue weighted by atomic mass is 11.3. The Labute approximate surface area is 50.2 Å². The third-order valence-electron chi connectivity index (χ3n) is 0.434. The van der Waals surface area contributed by atoms with Crippen LogP contribution in [0, 0.1) is 0 Å². The number of hydrogen-bond acceptors (Lipinski definition) is 1. The molecule has 0 heterocycles. The van der Waals surface area contributed by atoms with Crippen LogP contribution in [0.4, 0.5) is 0 Å². The summed E-state index contributed by atoms with van der Waals surface area (Å²) in [6, 6.07) is 0. The molecule has 0 saturated carbocycles. The van der Waals surface area contributed by atoms with E-state index in [1.807, 2.05) is 14.1 Å². The number of halogens is 1. The minimum absolute atomic E-state index is 0.363. The molecule has 0 aromatic rings. The standard InChI is InChI=1S/C2H6N.CH2Cl.Al/c1-3-2;1-2;/h1-2H3;1H2;/q-1;;+1. The molecule has 0 rings (SSSR count). The Morgan fingerprint density at radius 3 is 2.17 bits per heavy atom. The summed E-state index contributed by atoms with van der Waals surface area (Å²) in [6.07, 6.45) is 0. The zero-order valence-corrected chi connectivity index (χ0v) is 6.02. The van der Waals surface area contributed by atoms with Crippen molar-refractivity contribution in [3.8, 4) is 0 Å². The second-order valence-corrected chi connectivity index (χ2v) is 3.93. The molecule has 3 heteroatoms. The van der Waals surface area contributed by atoms with E-state index in [-0.39, 0.29) is 0 Å². The molecule has 1 radical (unpaired) electrons. The van der Waals surface area contributed by atoms with E-state index in [1.54, 1.807) is 0 Å². The summed E-state index contributed by atoms with van der Waals surface area (Å²) >= 11 is 5.75. The van der Waals surface area contributed by atoms with Gasteiger partial charge >= 0.3 is 15.4 Å². The van der Waals surface area contributed by atoms with Crippen molar-refractivity contribution >= 4 is 27.0 Å². The fourth-order valence-corrected chi connectivity index (χ4v) is 1.24. The third kappa shape index (κ3) is 4.78. The van der Waals surface area contributed by atoms with Crippen LogP contribution in [0.25, 0.3) is 0 Å². The van der Waals surface area contributed by atoms with E-state index in [9.17, 15) is 0 Å². The van der Waals surface area contributed by atoms with Gasteiger partial charge in [0, 0.05) is 0 Å². The highest BCUT2D eigenvalue weighted by atomic mass is 35.5. The van der Waals surface area contributed by atoms with E-state index in [1.165, 1.54) is 0 Å². The highest BCUT2D eigenvalue weighted by molar-refractivity contribution is 6.47. The van der Waals surface area contributed by atoms with Crippen molar-refractivity contribution in [3.63, 3.8) is 0 Å². The second-order valence-electron chi connectivity index (χ2n) is 1.30. The van der Waals surface area contributed by atoms with Gasteiger partial charge in [0.25, 0.3) is 0 Å². The molecule has 0 aromatic carbocycles. The van der Waals surface area contributed by atoms with Crippen molar-refractivity contribution < 1.29 is 0 Å². The Balaban J connectivity index is 2.63. The van der Waals surface area contributed by atoms with Gasteiger partial charge in [-0.3, -0.25) is 0 Å². The fourth-order valence-electron chi connectivity index (χ4n) is 0.138. The summed E-state index contributed by atoms with van der Waals surface area (Å²) in [7, 11) is 4.08. The maximum atomic E-state index is 5.39. The topological polar surface area (TPSA) is 3.24 Å². The van der Waals surface area contributed by atoms with E-state index in [4.69, 9.17) is 11.6 Å². The number of alkyl halides is 1. The predicted molar refractivity (Wildman–Crippen MR) is 30.2 cm³/mol. The average Bonchev–Trinajstić information content (AvgIpc) is 1.35. The molecule has 0 unspecified atom stereocenters. The quantitative estimate of drug-likeness (QED) is 0.376. The molecule has 0 bridgehead atoms. The second kappa shape index (κ2) is 3.96. The van der Waals surface area contributed by atoms with Crippen LogP contribution in [0.3, 0.4) is 0 Å². The summed E-state index contributed by atoms with van der Waals surface area (Å²) < 4.78 is 2.94. The van der Waals surface area contributed by atoms with Crippen molar-refractivity contribution in [3.05, 3.63) is 0 Å². The Bertz CT molecular complexity index is 32.0. The summed E-state index contributed by atoms with van der Waals surface area (Å²) in [5.74, 6) is 0. The van der Waals surface area contributed by atoms with Crippen LogP contribution in [0.2, 0.25) is 0 Å². The van der Waals surface area contributed by atoms with Crippen LogP contribution in [0.5, 0.6) is 0 Å². The van der Waals surface area contributed by atoms with Gasteiger partial charge < -0.3 is 3.88 Å². The zero-order chi connectivity index (χ0) is 4.99. The highest BCUT2D eigenvalue weighted by Crippen LogP contribution is 1.71. The highest BCUT2D eigenvalue weighted by Gasteiger charge is 1.88. The molecule has 0 aliphatic carbocycles. The van der Waals surface area contributed by atoms with Crippen LogP contribution in [-0.2, 0) is 0 Å². The van der Waals surface area contributed by atoms with Crippen LogP contribution < -0.4 is 0 Å². The lowest BCUT2D eigenvalue weighted by molar-refractivity contribution is 0.664. The molecular weight excluding hydrogens is 112 g/mol. The Kier molecular flexibility index (Phi) is 4.47.